The van der Waals surface area contributed by atoms with Crippen LogP contribution in [0.3, 0.4) is 0 Å². The SMILES string of the molecule is O=C(O)C(F)C1CCCCC1. The van der Waals surface area contributed by atoms with Crippen LogP contribution in [0.1, 0.15) is 32.1 Å². The van der Waals surface area contributed by atoms with Gasteiger partial charge >= 0.3 is 5.97 Å². The van der Waals surface area contributed by atoms with Crippen molar-refractivity contribution in [3.8, 4) is 0 Å². The number of rotatable bonds is 2. The molecule has 0 spiro atoms. The monoisotopic (exact) mass is 160 g/mol. The highest BCUT2D eigenvalue weighted by atomic mass is 19.1. The molecule has 3 heteroatoms. The van der Waals surface area contributed by atoms with Crippen molar-refractivity contribution in [1.29, 1.82) is 0 Å². The molecule has 2 nitrogen and oxygen atoms in total. The molecule has 64 valence electrons. The van der Waals surface area contributed by atoms with Crippen molar-refractivity contribution in [2.24, 2.45) is 5.92 Å². The van der Waals surface area contributed by atoms with Crippen molar-refractivity contribution in [2.75, 3.05) is 0 Å². The Bertz CT molecular complexity index is 141. The third kappa shape index (κ3) is 2.17. The first-order valence-electron chi connectivity index (χ1n) is 4.08. The molecule has 0 amide bonds. The van der Waals surface area contributed by atoms with Crippen LogP contribution in [-0.2, 0) is 4.79 Å². The summed E-state index contributed by atoms with van der Waals surface area (Å²) in [7, 11) is 0. The molecule has 0 heterocycles. The third-order valence-electron chi connectivity index (χ3n) is 2.30. The van der Waals surface area contributed by atoms with Gasteiger partial charge in [0.05, 0.1) is 0 Å². The minimum atomic E-state index is -1.63. The van der Waals surface area contributed by atoms with Crippen molar-refractivity contribution >= 4 is 5.97 Å². The molecule has 1 aliphatic rings. The maximum Gasteiger partial charge on any atom is 0.338 e. The first kappa shape index (κ1) is 8.50. The van der Waals surface area contributed by atoms with Crippen molar-refractivity contribution < 1.29 is 14.3 Å². The predicted molar refractivity (Wildman–Crippen MR) is 39.1 cm³/mol. The molecular formula is C8H13FO2. The van der Waals surface area contributed by atoms with Gasteiger partial charge in [0.1, 0.15) is 0 Å². The summed E-state index contributed by atoms with van der Waals surface area (Å²) in [5, 5.41) is 8.36. The summed E-state index contributed by atoms with van der Waals surface area (Å²) in [6.07, 6.45) is 2.95. The Morgan fingerprint density at radius 3 is 2.36 bits per heavy atom. The highest BCUT2D eigenvalue weighted by molar-refractivity contribution is 5.72. The zero-order chi connectivity index (χ0) is 8.27. The average Bonchev–Trinajstić information content (AvgIpc) is 2.05. The first-order valence-corrected chi connectivity index (χ1v) is 4.08. The van der Waals surface area contributed by atoms with Gasteiger partial charge in [-0.3, -0.25) is 0 Å². The number of carbonyl (C=O) groups is 1. The molecule has 0 bridgehead atoms. The molecule has 0 aliphatic heterocycles. The van der Waals surface area contributed by atoms with E-state index in [4.69, 9.17) is 5.11 Å². The lowest BCUT2D eigenvalue weighted by Gasteiger charge is -2.22. The molecule has 0 saturated heterocycles. The summed E-state index contributed by atoms with van der Waals surface area (Å²) >= 11 is 0. The number of carboxylic acids is 1. The van der Waals surface area contributed by atoms with E-state index in [1.54, 1.807) is 0 Å². The normalized spacial score (nSPS) is 23.0. The van der Waals surface area contributed by atoms with E-state index in [-0.39, 0.29) is 5.92 Å². The molecule has 0 aromatic heterocycles. The molecule has 1 unspecified atom stereocenters. The second-order valence-electron chi connectivity index (χ2n) is 3.14. The quantitative estimate of drug-likeness (QED) is 0.670. The second-order valence-corrected chi connectivity index (χ2v) is 3.14. The number of carboxylic acid groups (broad SMARTS) is 1. The third-order valence-corrected chi connectivity index (χ3v) is 2.30. The topological polar surface area (TPSA) is 37.3 Å². The van der Waals surface area contributed by atoms with Gasteiger partial charge in [0.15, 0.2) is 6.17 Å². The average molecular weight is 160 g/mol. The molecule has 11 heavy (non-hydrogen) atoms. The molecule has 0 aromatic rings. The number of hydrogen-bond donors (Lipinski definition) is 1. The Hall–Kier alpha value is -0.600. The number of halogens is 1. The van der Waals surface area contributed by atoms with Crippen molar-refractivity contribution in [3.05, 3.63) is 0 Å². The zero-order valence-electron chi connectivity index (χ0n) is 6.42. The van der Waals surface area contributed by atoms with E-state index in [2.05, 4.69) is 0 Å². The van der Waals surface area contributed by atoms with Crippen LogP contribution >= 0.6 is 0 Å². The fourth-order valence-corrected chi connectivity index (χ4v) is 1.63. The molecule has 1 fully saturated rings. The highest BCUT2D eigenvalue weighted by Crippen LogP contribution is 2.27. The van der Waals surface area contributed by atoms with Crippen LogP contribution in [0.5, 0.6) is 0 Å². The Morgan fingerprint density at radius 1 is 1.36 bits per heavy atom. The lowest BCUT2D eigenvalue weighted by Crippen LogP contribution is -2.26. The molecule has 1 atom stereocenters. The summed E-state index contributed by atoms with van der Waals surface area (Å²) in [5.74, 6) is -1.52. The van der Waals surface area contributed by atoms with Crippen LogP contribution in [0.25, 0.3) is 0 Å². The minimum Gasteiger partial charge on any atom is -0.479 e. The Balaban J connectivity index is 2.38. The second kappa shape index (κ2) is 3.69. The van der Waals surface area contributed by atoms with E-state index in [0.717, 1.165) is 32.1 Å². The fourth-order valence-electron chi connectivity index (χ4n) is 1.63. The Morgan fingerprint density at radius 2 is 1.91 bits per heavy atom. The summed E-state index contributed by atoms with van der Waals surface area (Å²) in [6.45, 7) is 0. The molecule has 1 N–H and O–H groups in total. The van der Waals surface area contributed by atoms with E-state index in [1.807, 2.05) is 0 Å². The summed E-state index contributed by atoms with van der Waals surface area (Å²) in [4.78, 5) is 10.2. The minimum absolute atomic E-state index is 0.221. The number of aliphatic carboxylic acids is 1. The number of alkyl halides is 1. The van der Waals surface area contributed by atoms with Crippen LogP contribution in [0.4, 0.5) is 4.39 Å². The maximum atomic E-state index is 12.8. The van der Waals surface area contributed by atoms with Gasteiger partial charge in [-0.25, -0.2) is 9.18 Å². The lowest BCUT2D eigenvalue weighted by atomic mass is 9.86. The largest absolute Gasteiger partial charge is 0.479 e. The molecule has 0 radical (unpaired) electrons. The Kier molecular flexibility index (Phi) is 2.85. The van der Waals surface area contributed by atoms with Crippen molar-refractivity contribution in [3.63, 3.8) is 0 Å². The van der Waals surface area contributed by atoms with Crippen molar-refractivity contribution in [2.45, 2.75) is 38.3 Å². The van der Waals surface area contributed by atoms with Gasteiger partial charge in [0.25, 0.3) is 0 Å². The molecule has 1 aliphatic carbocycles. The van der Waals surface area contributed by atoms with Crippen molar-refractivity contribution in [1.82, 2.24) is 0 Å². The predicted octanol–water partition coefficient (Wildman–Crippen LogP) is 1.99. The molecular weight excluding hydrogens is 147 g/mol. The summed E-state index contributed by atoms with van der Waals surface area (Å²) in [6, 6.07) is 0. The Labute approximate surface area is 65.4 Å². The smallest absolute Gasteiger partial charge is 0.338 e. The van der Waals surface area contributed by atoms with Crippen LogP contribution in [0.15, 0.2) is 0 Å². The first-order chi connectivity index (χ1) is 5.22. The van der Waals surface area contributed by atoms with E-state index in [9.17, 15) is 9.18 Å². The van der Waals surface area contributed by atoms with Crippen LogP contribution in [0.2, 0.25) is 0 Å². The lowest BCUT2D eigenvalue weighted by molar-refractivity contribution is -0.145. The van der Waals surface area contributed by atoms with Crippen LogP contribution < -0.4 is 0 Å². The van der Waals surface area contributed by atoms with Gasteiger partial charge in [-0.1, -0.05) is 19.3 Å². The van der Waals surface area contributed by atoms with E-state index >= 15 is 0 Å². The van der Waals surface area contributed by atoms with Crippen LogP contribution in [0, 0.1) is 5.92 Å². The fraction of sp³-hybridized carbons (Fsp3) is 0.875. The molecule has 1 saturated carbocycles. The molecule has 0 aromatic carbocycles. The van der Waals surface area contributed by atoms with Gasteiger partial charge < -0.3 is 5.11 Å². The summed E-state index contributed by atoms with van der Waals surface area (Å²) in [5.41, 5.74) is 0. The van der Waals surface area contributed by atoms with E-state index in [1.165, 1.54) is 0 Å². The van der Waals surface area contributed by atoms with Crippen LogP contribution in [-0.4, -0.2) is 17.2 Å². The van der Waals surface area contributed by atoms with E-state index < -0.39 is 12.1 Å². The van der Waals surface area contributed by atoms with E-state index in [0.29, 0.717) is 0 Å². The molecule has 1 rings (SSSR count). The van der Waals surface area contributed by atoms with Gasteiger partial charge in [-0.15, -0.1) is 0 Å². The zero-order valence-corrected chi connectivity index (χ0v) is 6.42. The highest BCUT2D eigenvalue weighted by Gasteiger charge is 2.28. The number of hydrogen-bond acceptors (Lipinski definition) is 1. The standard InChI is InChI=1S/C8H13FO2/c9-7(8(10)11)6-4-2-1-3-5-6/h6-7H,1-5H2,(H,10,11). The van der Waals surface area contributed by atoms with Gasteiger partial charge in [0.2, 0.25) is 0 Å². The van der Waals surface area contributed by atoms with Gasteiger partial charge in [-0.2, -0.15) is 0 Å². The van der Waals surface area contributed by atoms with Gasteiger partial charge in [0, 0.05) is 5.92 Å². The maximum absolute atomic E-state index is 12.8. The summed E-state index contributed by atoms with van der Waals surface area (Å²) < 4.78 is 12.8. The van der Waals surface area contributed by atoms with Gasteiger partial charge in [-0.05, 0) is 12.8 Å².